The monoisotopic (exact) mass is 267 g/mol. The number of nitriles is 1. The van der Waals surface area contributed by atoms with Crippen LogP contribution in [0.2, 0.25) is 0 Å². The number of nitrogens with one attached hydrogen (secondary N) is 1. The number of amides is 1. The summed E-state index contributed by atoms with van der Waals surface area (Å²) in [6.45, 7) is 1.88. The van der Waals surface area contributed by atoms with E-state index in [9.17, 15) is 4.79 Å². The molecule has 0 aliphatic heterocycles. The average Bonchev–Trinajstić information content (AvgIpc) is 2.46. The Labute approximate surface area is 116 Å². The summed E-state index contributed by atoms with van der Waals surface area (Å²) in [7, 11) is 0. The molecular formula is C15H13N3O2. The van der Waals surface area contributed by atoms with Gasteiger partial charge in [0.05, 0.1) is 5.56 Å². The van der Waals surface area contributed by atoms with Gasteiger partial charge in [-0.25, -0.2) is 0 Å². The van der Waals surface area contributed by atoms with Crippen molar-refractivity contribution in [2.45, 2.75) is 6.92 Å². The molecule has 2 rings (SSSR count). The van der Waals surface area contributed by atoms with Crippen molar-refractivity contribution in [2.24, 2.45) is 0 Å². The highest BCUT2D eigenvalue weighted by molar-refractivity contribution is 6.04. The summed E-state index contributed by atoms with van der Waals surface area (Å²) in [6, 6.07) is 10.5. The van der Waals surface area contributed by atoms with E-state index in [0.29, 0.717) is 17.0 Å². The van der Waals surface area contributed by atoms with Gasteiger partial charge in [0.15, 0.2) is 6.61 Å². The van der Waals surface area contributed by atoms with Crippen LogP contribution in [0.1, 0.15) is 15.9 Å². The average molecular weight is 267 g/mol. The number of carbonyl (C=O) groups is 1. The molecule has 0 saturated carbocycles. The molecule has 2 aromatic rings. The third-order valence-corrected chi connectivity index (χ3v) is 2.55. The van der Waals surface area contributed by atoms with E-state index in [-0.39, 0.29) is 12.5 Å². The molecule has 1 aromatic carbocycles. The normalized spacial score (nSPS) is 9.60. The summed E-state index contributed by atoms with van der Waals surface area (Å²) >= 11 is 0. The van der Waals surface area contributed by atoms with Crippen molar-refractivity contribution in [1.29, 1.82) is 5.26 Å². The summed E-state index contributed by atoms with van der Waals surface area (Å²) in [4.78, 5) is 16.0. The molecule has 0 spiro atoms. The Morgan fingerprint density at radius 2 is 2.10 bits per heavy atom. The highest BCUT2D eigenvalue weighted by Gasteiger charge is 2.06. The van der Waals surface area contributed by atoms with E-state index >= 15 is 0 Å². The minimum atomic E-state index is -0.216. The number of hydrogen-bond donors (Lipinski definition) is 1. The lowest BCUT2D eigenvalue weighted by atomic mass is 10.2. The maximum absolute atomic E-state index is 12.0. The number of hydrogen-bond acceptors (Lipinski definition) is 4. The van der Waals surface area contributed by atoms with Crippen molar-refractivity contribution in [3.8, 4) is 11.8 Å². The molecule has 0 aliphatic rings. The van der Waals surface area contributed by atoms with Gasteiger partial charge in [-0.3, -0.25) is 9.78 Å². The van der Waals surface area contributed by atoms with Crippen molar-refractivity contribution < 1.29 is 9.53 Å². The third-order valence-electron chi connectivity index (χ3n) is 2.55. The second-order valence-corrected chi connectivity index (χ2v) is 4.18. The molecule has 0 atom stereocenters. The van der Waals surface area contributed by atoms with Gasteiger partial charge < -0.3 is 10.1 Å². The molecule has 0 fully saturated rings. The first-order chi connectivity index (χ1) is 9.69. The molecule has 1 heterocycles. The number of carbonyl (C=O) groups excluding carboxylic acids is 1. The van der Waals surface area contributed by atoms with Crippen molar-refractivity contribution >= 4 is 11.6 Å². The zero-order valence-electron chi connectivity index (χ0n) is 11.0. The Bertz CT molecular complexity index is 645. The van der Waals surface area contributed by atoms with Gasteiger partial charge in [0.25, 0.3) is 5.91 Å². The van der Waals surface area contributed by atoms with Crippen LogP contribution in [0.15, 0.2) is 42.7 Å². The molecule has 0 unspecified atom stereocenters. The fourth-order valence-corrected chi connectivity index (χ4v) is 1.63. The van der Waals surface area contributed by atoms with Crippen molar-refractivity contribution in [3.05, 3.63) is 53.9 Å². The van der Waals surface area contributed by atoms with Gasteiger partial charge in [-0.2, -0.15) is 5.26 Å². The lowest BCUT2D eigenvalue weighted by molar-refractivity contribution is 0.102. The quantitative estimate of drug-likeness (QED) is 0.923. The van der Waals surface area contributed by atoms with E-state index in [2.05, 4.69) is 10.3 Å². The summed E-state index contributed by atoms with van der Waals surface area (Å²) in [5.41, 5.74) is 2.09. The minimum Gasteiger partial charge on any atom is -0.479 e. The number of pyridine rings is 1. The van der Waals surface area contributed by atoms with Gasteiger partial charge in [-0.15, -0.1) is 0 Å². The maximum Gasteiger partial charge on any atom is 0.257 e. The molecule has 20 heavy (non-hydrogen) atoms. The topological polar surface area (TPSA) is 75.0 Å². The van der Waals surface area contributed by atoms with Crippen LogP contribution in [-0.2, 0) is 0 Å². The predicted molar refractivity (Wildman–Crippen MR) is 74.5 cm³/mol. The molecule has 1 N–H and O–H groups in total. The summed E-state index contributed by atoms with van der Waals surface area (Å²) < 4.78 is 5.13. The molecule has 5 heteroatoms. The number of benzene rings is 1. The zero-order valence-corrected chi connectivity index (χ0v) is 11.0. The molecule has 0 aliphatic carbocycles. The molecule has 100 valence electrons. The first-order valence-corrected chi connectivity index (χ1v) is 6.02. The number of rotatable bonds is 4. The van der Waals surface area contributed by atoms with E-state index in [1.54, 1.807) is 36.5 Å². The summed E-state index contributed by atoms with van der Waals surface area (Å²) in [5.74, 6) is 0.369. The van der Waals surface area contributed by atoms with Crippen LogP contribution in [0.5, 0.6) is 5.75 Å². The number of aromatic nitrogens is 1. The van der Waals surface area contributed by atoms with E-state index in [4.69, 9.17) is 10.00 Å². The van der Waals surface area contributed by atoms with Gasteiger partial charge >= 0.3 is 0 Å². The van der Waals surface area contributed by atoms with Crippen LogP contribution in [-0.4, -0.2) is 17.5 Å². The molecule has 0 bridgehead atoms. The number of aryl methyl sites for hydroxylation is 1. The van der Waals surface area contributed by atoms with Crippen molar-refractivity contribution in [3.63, 3.8) is 0 Å². The van der Waals surface area contributed by atoms with Crippen LogP contribution in [0, 0.1) is 18.3 Å². The Kier molecular flexibility index (Phi) is 4.30. The lowest BCUT2D eigenvalue weighted by Gasteiger charge is -2.07. The standard InChI is InChI=1S/C15H13N3O2/c1-11-8-12(10-17-9-11)15(19)18-13-2-4-14(5-3-13)20-7-6-16/h2-5,8-10H,7H2,1H3,(H,18,19). The zero-order chi connectivity index (χ0) is 14.4. The fourth-order valence-electron chi connectivity index (χ4n) is 1.63. The second-order valence-electron chi connectivity index (χ2n) is 4.18. The van der Waals surface area contributed by atoms with E-state index in [1.807, 2.05) is 13.0 Å². The van der Waals surface area contributed by atoms with Gasteiger partial charge in [0, 0.05) is 18.1 Å². The Hall–Kier alpha value is -2.87. The molecule has 5 nitrogen and oxygen atoms in total. The van der Waals surface area contributed by atoms with Crippen molar-refractivity contribution in [1.82, 2.24) is 4.98 Å². The highest BCUT2D eigenvalue weighted by atomic mass is 16.5. The van der Waals surface area contributed by atoms with Gasteiger partial charge in [0.2, 0.25) is 0 Å². The SMILES string of the molecule is Cc1cncc(C(=O)Nc2ccc(OCC#N)cc2)c1. The molecular weight excluding hydrogens is 254 g/mol. The van der Waals surface area contributed by atoms with Gasteiger partial charge in [-0.1, -0.05) is 0 Å². The second kappa shape index (κ2) is 6.34. The molecule has 1 amide bonds. The first-order valence-electron chi connectivity index (χ1n) is 6.02. The minimum absolute atomic E-state index is 0.000662. The van der Waals surface area contributed by atoms with Crippen molar-refractivity contribution in [2.75, 3.05) is 11.9 Å². The van der Waals surface area contributed by atoms with E-state index in [0.717, 1.165) is 5.56 Å². The van der Waals surface area contributed by atoms with Crippen LogP contribution in [0.3, 0.4) is 0 Å². The van der Waals surface area contributed by atoms with Crippen LogP contribution >= 0.6 is 0 Å². The molecule has 1 aromatic heterocycles. The predicted octanol–water partition coefficient (Wildman–Crippen LogP) is 2.54. The fraction of sp³-hybridized carbons (Fsp3) is 0.133. The van der Waals surface area contributed by atoms with Gasteiger partial charge in [0.1, 0.15) is 11.8 Å². The summed E-state index contributed by atoms with van der Waals surface area (Å²) in [5, 5.41) is 11.2. The Balaban J connectivity index is 2.03. The largest absolute Gasteiger partial charge is 0.479 e. The smallest absolute Gasteiger partial charge is 0.257 e. The van der Waals surface area contributed by atoms with Crippen LogP contribution < -0.4 is 10.1 Å². The number of anilines is 1. The summed E-state index contributed by atoms with van der Waals surface area (Å²) in [6.07, 6.45) is 3.21. The first kappa shape index (κ1) is 13.6. The number of ether oxygens (including phenoxy) is 1. The highest BCUT2D eigenvalue weighted by Crippen LogP contribution is 2.16. The molecule has 0 radical (unpaired) electrons. The lowest BCUT2D eigenvalue weighted by Crippen LogP contribution is -2.12. The maximum atomic E-state index is 12.0. The Morgan fingerprint density at radius 3 is 2.75 bits per heavy atom. The Morgan fingerprint density at radius 1 is 1.35 bits per heavy atom. The number of nitrogens with zero attached hydrogens (tertiary/aromatic N) is 2. The van der Waals surface area contributed by atoms with E-state index < -0.39 is 0 Å². The van der Waals surface area contributed by atoms with Gasteiger partial charge in [-0.05, 0) is 42.8 Å². The van der Waals surface area contributed by atoms with E-state index in [1.165, 1.54) is 6.20 Å². The third kappa shape index (κ3) is 3.56. The van der Waals surface area contributed by atoms with Crippen LogP contribution in [0.4, 0.5) is 5.69 Å². The van der Waals surface area contributed by atoms with Crippen LogP contribution in [0.25, 0.3) is 0 Å². The molecule has 0 saturated heterocycles.